The van der Waals surface area contributed by atoms with Gasteiger partial charge in [-0.25, -0.2) is 0 Å². The Hall–Kier alpha value is -1.14. The number of aromatic nitrogens is 2. The van der Waals surface area contributed by atoms with Gasteiger partial charge in [0.05, 0.1) is 0 Å². The van der Waals surface area contributed by atoms with Crippen molar-refractivity contribution in [2.45, 2.75) is 57.4 Å². The minimum absolute atomic E-state index is 0. The van der Waals surface area contributed by atoms with Gasteiger partial charge in [0, 0.05) is 38.4 Å². The van der Waals surface area contributed by atoms with Crippen molar-refractivity contribution in [1.82, 2.24) is 15.0 Å². The van der Waals surface area contributed by atoms with Crippen LogP contribution in [0.4, 0.5) is 0 Å². The molecule has 3 rings (SSSR count). The summed E-state index contributed by atoms with van der Waals surface area (Å²) in [6.45, 7) is 3.45. The fraction of sp³-hybridized carbons (Fsp3) is 0.800. The van der Waals surface area contributed by atoms with Gasteiger partial charge in [-0.15, -0.1) is 12.4 Å². The summed E-state index contributed by atoms with van der Waals surface area (Å²) < 4.78 is 5.01. The summed E-state index contributed by atoms with van der Waals surface area (Å²) in [6, 6.07) is 0. The molecule has 1 amide bonds. The van der Waals surface area contributed by atoms with Gasteiger partial charge in [-0.05, 0) is 38.0 Å². The van der Waals surface area contributed by atoms with Crippen LogP contribution in [0.2, 0.25) is 0 Å². The minimum atomic E-state index is -0.227. The number of halogens is 1. The predicted octanol–water partition coefficient (Wildman–Crippen LogP) is 1.85. The average molecular weight is 329 g/mol. The molecule has 2 aliphatic rings. The molecule has 2 heterocycles. The number of likely N-dealkylation sites (tertiary alicyclic amines) is 1. The Morgan fingerprint density at radius 2 is 2.23 bits per heavy atom. The highest BCUT2D eigenvalue weighted by Crippen LogP contribution is 2.33. The first-order chi connectivity index (χ1) is 10.0. The summed E-state index contributed by atoms with van der Waals surface area (Å²) in [7, 11) is 0. The van der Waals surface area contributed by atoms with Gasteiger partial charge in [0.15, 0.2) is 5.82 Å². The summed E-state index contributed by atoms with van der Waals surface area (Å²) in [5.41, 5.74) is 5.96. The van der Waals surface area contributed by atoms with Gasteiger partial charge >= 0.3 is 0 Å². The smallest absolute Gasteiger partial charge is 0.224 e. The number of aryl methyl sites for hydroxylation is 1. The van der Waals surface area contributed by atoms with Crippen LogP contribution in [0.1, 0.15) is 50.2 Å². The van der Waals surface area contributed by atoms with Crippen LogP contribution in [-0.4, -0.2) is 39.6 Å². The van der Waals surface area contributed by atoms with E-state index in [9.17, 15) is 4.79 Å². The van der Waals surface area contributed by atoms with E-state index >= 15 is 0 Å². The number of carbonyl (C=O) groups excluding carboxylic acids is 1. The zero-order chi connectivity index (χ0) is 14.9. The molecule has 1 saturated carbocycles. The fourth-order valence-electron chi connectivity index (χ4n) is 3.36. The molecule has 124 valence electrons. The second-order valence-corrected chi connectivity index (χ2v) is 6.67. The molecular weight excluding hydrogens is 304 g/mol. The highest BCUT2D eigenvalue weighted by molar-refractivity contribution is 5.85. The standard InChI is InChI=1S/C15H24N4O2.ClH/c1-11-17-13(18-21-11)8-12-4-2-7-19(10-12)14(20)9-15(16)5-3-6-15;/h12H,2-10,16H2,1H3;1H. The van der Waals surface area contributed by atoms with Crippen LogP contribution in [0, 0.1) is 12.8 Å². The zero-order valence-electron chi connectivity index (χ0n) is 13.1. The number of hydrogen-bond acceptors (Lipinski definition) is 5. The number of amides is 1. The summed E-state index contributed by atoms with van der Waals surface area (Å²) in [5.74, 6) is 1.99. The minimum Gasteiger partial charge on any atom is -0.342 e. The van der Waals surface area contributed by atoms with E-state index in [0.717, 1.165) is 57.4 Å². The van der Waals surface area contributed by atoms with E-state index in [1.807, 2.05) is 4.90 Å². The van der Waals surface area contributed by atoms with E-state index < -0.39 is 0 Å². The lowest BCUT2D eigenvalue weighted by Gasteiger charge is -2.40. The average Bonchev–Trinajstić information content (AvgIpc) is 2.82. The van der Waals surface area contributed by atoms with Crippen LogP contribution in [0.15, 0.2) is 4.52 Å². The van der Waals surface area contributed by atoms with Crippen LogP contribution in [-0.2, 0) is 11.2 Å². The molecule has 0 radical (unpaired) electrons. The molecule has 1 aromatic heterocycles. The van der Waals surface area contributed by atoms with Gasteiger partial charge in [0.2, 0.25) is 11.8 Å². The van der Waals surface area contributed by atoms with Crippen LogP contribution in [0.5, 0.6) is 0 Å². The number of rotatable bonds is 4. The maximum Gasteiger partial charge on any atom is 0.224 e. The molecule has 0 bridgehead atoms. The number of nitrogens with zero attached hydrogens (tertiary/aromatic N) is 3. The van der Waals surface area contributed by atoms with Crippen molar-refractivity contribution in [2.75, 3.05) is 13.1 Å². The molecule has 0 spiro atoms. The zero-order valence-corrected chi connectivity index (χ0v) is 13.9. The van der Waals surface area contributed by atoms with Crippen molar-refractivity contribution >= 4 is 18.3 Å². The van der Waals surface area contributed by atoms with Crippen molar-refractivity contribution in [3.05, 3.63) is 11.7 Å². The summed E-state index contributed by atoms with van der Waals surface area (Å²) in [4.78, 5) is 18.6. The Morgan fingerprint density at radius 3 is 2.82 bits per heavy atom. The normalized spacial score (nSPS) is 23.5. The SMILES string of the molecule is Cc1nc(CC2CCCN(C(=O)CC3(N)CCC3)C2)no1.Cl. The maximum atomic E-state index is 12.4. The Bertz CT molecular complexity index is 515. The lowest BCUT2D eigenvalue weighted by Crippen LogP contribution is -2.52. The van der Waals surface area contributed by atoms with Crippen LogP contribution in [0.3, 0.4) is 0 Å². The van der Waals surface area contributed by atoms with Crippen LogP contribution in [0.25, 0.3) is 0 Å². The molecule has 6 nitrogen and oxygen atoms in total. The first-order valence-corrected chi connectivity index (χ1v) is 7.90. The molecule has 0 aromatic carbocycles. The molecule has 2 fully saturated rings. The Kier molecular flexibility index (Phi) is 5.45. The summed E-state index contributed by atoms with van der Waals surface area (Å²) in [5, 5.41) is 3.95. The third-order valence-corrected chi connectivity index (χ3v) is 4.77. The molecule has 22 heavy (non-hydrogen) atoms. The van der Waals surface area contributed by atoms with Crippen molar-refractivity contribution in [3.8, 4) is 0 Å². The third-order valence-electron chi connectivity index (χ3n) is 4.77. The highest BCUT2D eigenvalue weighted by Gasteiger charge is 2.36. The topological polar surface area (TPSA) is 85.2 Å². The lowest BCUT2D eigenvalue weighted by atomic mass is 9.75. The molecule has 1 unspecified atom stereocenters. The first-order valence-electron chi connectivity index (χ1n) is 7.90. The van der Waals surface area contributed by atoms with E-state index in [1.165, 1.54) is 0 Å². The van der Waals surface area contributed by atoms with Gasteiger partial charge in [-0.1, -0.05) is 5.16 Å². The van der Waals surface area contributed by atoms with E-state index in [1.54, 1.807) is 6.92 Å². The van der Waals surface area contributed by atoms with Gasteiger partial charge < -0.3 is 15.2 Å². The Balaban J connectivity index is 0.00000176. The molecule has 1 aliphatic carbocycles. The molecule has 1 aliphatic heterocycles. The second kappa shape index (κ2) is 6.96. The molecule has 1 atom stereocenters. The quantitative estimate of drug-likeness (QED) is 0.911. The van der Waals surface area contributed by atoms with Gasteiger partial charge in [0.25, 0.3) is 0 Å². The van der Waals surface area contributed by atoms with Gasteiger partial charge in [-0.3, -0.25) is 4.79 Å². The predicted molar refractivity (Wildman–Crippen MR) is 84.7 cm³/mol. The molecular formula is C15H25ClN4O2. The van der Waals surface area contributed by atoms with E-state index in [4.69, 9.17) is 10.3 Å². The van der Waals surface area contributed by atoms with Gasteiger partial charge in [0.1, 0.15) is 0 Å². The summed E-state index contributed by atoms with van der Waals surface area (Å²) >= 11 is 0. The maximum absolute atomic E-state index is 12.4. The lowest BCUT2D eigenvalue weighted by molar-refractivity contribution is -0.135. The fourth-order valence-corrected chi connectivity index (χ4v) is 3.36. The van der Waals surface area contributed by atoms with Gasteiger partial charge in [-0.2, -0.15) is 4.98 Å². The van der Waals surface area contributed by atoms with Crippen LogP contribution >= 0.6 is 12.4 Å². The number of carbonyl (C=O) groups is 1. The second-order valence-electron chi connectivity index (χ2n) is 6.67. The van der Waals surface area contributed by atoms with E-state index in [2.05, 4.69) is 10.1 Å². The largest absolute Gasteiger partial charge is 0.342 e. The van der Waals surface area contributed by atoms with Crippen LogP contribution < -0.4 is 5.73 Å². The highest BCUT2D eigenvalue weighted by atomic mass is 35.5. The van der Waals surface area contributed by atoms with E-state index in [0.29, 0.717) is 18.2 Å². The van der Waals surface area contributed by atoms with Crippen molar-refractivity contribution < 1.29 is 9.32 Å². The number of hydrogen-bond donors (Lipinski definition) is 1. The number of nitrogens with two attached hydrogens (primary N) is 1. The molecule has 7 heteroatoms. The van der Waals surface area contributed by atoms with Crippen molar-refractivity contribution in [2.24, 2.45) is 11.7 Å². The Labute approximate surface area is 137 Å². The van der Waals surface area contributed by atoms with Crippen molar-refractivity contribution in [1.29, 1.82) is 0 Å². The molecule has 1 saturated heterocycles. The summed E-state index contributed by atoms with van der Waals surface area (Å²) in [6.07, 6.45) is 6.58. The third kappa shape index (κ3) is 3.98. The molecule has 1 aromatic rings. The first kappa shape index (κ1) is 17.2. The van der Waals surface area contributed by atoms with Crippen molar-refractivity contribution in [3.63, 3.8) is 0 Å². The van der Waals surface area contributed by atoms with E-state index in [-0.39, 0.29) is 23.9 Å². The number of piperidine rings is 1. The molecule has 2 N–H and O–H groups in total. The monoisotopic (exact) mass is 328 g/mol. The Morgan fingerprint density at radius 1 is 1.45 bits per heavy atom.